The molecule has 0 unspecified atom stereocenters. The van der Waals surface area contributed by atoms with Crippen LogP contribution in [0.1, 0.15) is 38.2 Å². The van der Waals surface area contributed by atoms with Crippen LogP contribution >= 0.6 is 11.6 Å². The molecule has 1 aromatic rings. The Bertz CT molecular complexity index is 559. The summed E-state index contributed by atoms with van der Waals surface area (Å²) in [7, 11) is 0. The molecular formula is C14H22ClN3O2. The number of hydrogen-bond acceptors (Lipinski definition) is 3. The molecule has 0 spiro atoms. The second-order valence-corrected chi connectivity index (χ2v) is 5.71. The average molecular weight is 300 g/mol. The number of nitrogens with one attached hydrogen (secondary N) is 1. The molecule has 2 heterocycles. The normalized spacial score (nSPS) is 16.5. The zero-order valence-corrected chi connectivity index (χ0v) is 12.7. The Balaban J connectivity index is 2.16. The van der Waals surface area contributed by atoms with Crippen molar-refractivity contribution in [3.63, 3.8) is 0 Å². The summed E-state index contributed by atoms with van der Waals surface area (Å²) in [6.07, 6.45) is 5.10. The Morgan fingerprint density at radius 1 is 1.15 bits per heavy atom. The van der Waals surface area contributed by atoms with E-state index in [-0.39, 0.29) is 10.7 Å². The molecule has 0 saturated carbocycles. The van der Waals surface area contributed by atoms with Gasteiger partial charge in [0.2, 0.25) is 0 Å². The quantitative estimate of drug-likeness (QED) is 0.841. The monoisotopic (exact) mass is 299 g/mol. The van der Waals surface area contributed by atoms with Gasteiger partial charge in [-0.25, -0.2) is 4.79 Å². The number of piperidine rings is 1. The van der Waals surface area contributed by atoms with E-state index in [4.69, 9.17) is 11.6 Å². The summed E-state index contributed by atoms with van der Waals surface area (Å²) >= 11 is 5.96. The van der Waals surface area contributed by atoms with Crippen LogP contribution in [0.15, 0.2) is 9.59 Å². The van der Waals surface area contributed by atoms with Crippen molar-refractivity contribution in [2.45, 2.75) is 45.6 Å². The second-order valence-electron chi connectivity index (χ2n) is 5.33. The predicted molar refractivity (Wildman–Crippen MR) is 80.6 cm³/mol. The molecule has 1 aromatic heterocycles. The fourth-order valence-corrected chi connectivity index (χ4v) is 2.94. The molecule has 6 heteroatoms. The summed E-state index contributed by atoms with van der Waals surface area (Å²) in [5.74, 6) is 0. The third kappa shape index (κ3) is 3.52. The first-order chi connectivity index (χ1) is 9.63. The van der Waals surface area contributed by atoms with Gasteiger partial charge < -0.3 is 4.90 Å². The summed E-state index contributed by atoms with van der Waals surface area (Å²) in [6.45, 7) is 5.28. The molecule has 0 atom stereocenters. The molecule has 0 aromatic carbocycles. The summed E-state index contributed by atoms with van der Waals surface area (Å²) in [5, 5.41) is 0.191. The zero-order valence-electron chi connectivity index (χ0n) is 12.0. The molecule has 0 amide bonds. The Morgan fingerprint density at radius 3 is 2.50 bits per heavy atom. The van der Waals surface area contributed by atoms with E-state index in [1.165, 1.54) is 23.8 Å². The number of likely N-dealkylation sites (tertiary alicyclic amines) is 1. The van der Waals surface area contributed by atoms with Gasteiger partial charge in [0.05, 0.1) is 5.56 Å². The van der Waals surface area contributed by atoms with Crippen LogP contribution < -0.4 is 11.2 Å². The minimum Gasteiger partial charge on any atom is -0.302 e. The summed E-state index contributed by atoms with van der Waals surface area (Å²) in [5.41, 5.74) is -0.123. The van der Waals surface area contributed by atoms with Crippen LogP contribution in [0.5, 0.6) is 0 Å². The fourth-order valence-electron chi connectivity index (χ4n) is 2.68. The van der Waals surface area contributed by atoms with Gasteiger partial charge in [0.1, 0.15) is 5.15 Å². The highest BCUT2D eigenvalue weighted by atomic mass is 35.5. The molecule has 1 N–H and O–H groups in total. The maximum Gasteiger partial charge on any atom is 0.329 e. The number of aromatic amines is 1. The third-order valence-electron chi connectivity index (χ3n) is 3.82. The Labute approximate surface area is 123 Å². The van der Waals surface area contributed by atoms with Crippen LogP contribution in [0.2, 0.25) is 5.15 Å². The Kier molecular flexibility index (Phi) is 5.43. The lowest BCUT2D eigenvalue weighted by Crippen LogP contribution is -2.41. The number of halogens is 1. The highest BCUT2D eigenvalue weighted by molar-refractivity contribution is 6.30. The first-order valence-corrected chi connectivity index (χ1v) is 7.75. The van der Waals surface area contributed by atoms with E-state index < -0.39 is 5.69 Å². The smallest absolute Gasteiger partial charge is 0.302 e. The highest BCUT2D eigenvalue weighted by Gasteiger charge is 2.14. The summed E-state index contributed by atoms with van der Waals surface area (Å²) < 4.78 is 1.28. The number of H-pyrrole nitrogens is 1. The van der Waals surface area contributed by atoms with Crippen LogP contribution in [0.25, 0.3) is 0 Å². The van der Waals surface area contributed by atoms with Crippen molar-refractivity contribution in [1.29, 1.82) is 0 Å². The van der Waals surface area contributed by atoms with Gasteiger partial charge in [-0.1, -0.05) is 31.4 Å². The minimum absolute atomic E-state index is 0.191. The lowest BCUT2D eigenvalue weighted by atomic mass is 10.1. The van der Waals surface area contributed by atoms with E-state index in [1.54, 1.807) is 0 Å². The lowest BCUT2D eigenvalue weighted by Gasteiger charge is -2.26. The standard InChI is InChI=1S/C14H22ClN3O2/c1-2-6-11-12(15)16-14(20)18(13(11)19)10-9-17-7-4-3-5-8-17/h2-10H2,1H3,(H,16,20). The van der Waals surface area contributed by atoms with Gasteiger partial charge in [-0.2, -0.15) is 0 Å². The summed E-state index contributed by atoms with van der Waals surface area (Å²) in [6, 6.07) is 0. The van der Waals surface area contributed by atoms with Crippen LogP contribution in [0, 0.1) is 0 Å². The lowest BCUT2D eigenvalue weighted by molar-refractivity contribution is 0.218. The van der Waals surface area contributed by atoms with E-state index in [2.05, 4.69) is 9.88 Å². The number of nitrogens with zero attached hydrogens (tertiary/aromatic N) is 2. The highest BCUT2D eigenvalue weighted by Crippen LogP contribution is 2.09. The van der Waals surface area contributed by atoms with Crippen molar-refractivity contribution in [2.75, 3.05) is 19.6 Å². The molecule has 112 valence electrons. The van der Waals surface area contributed by atoms with Crippen molar-refractivity contribution < 1.29 is 0 Å². The van der Waals surface area contributed by atoms with Gasteiger partial charge >= 0.3 is 5.69 Å². The van der Waals surface area contributed by atoms with Gasteiger partial charge in [-0.05, 0) is 32.4 Å². The van der Waals surface area contributed by atoms with Gasteiger partial charge in [0.15, 0.2) is 0 Å². The molecule has 1 fully saturated rings. The minimum atomic E-state index is -0.406. The molecule has 1 aliphatic heterocycles. The maximum atomic E-state index is 12.3. The molecule has 1 saturated heterocycles. The number of rotatable bonds is 5. The van der Waals surface area contributed by atoms with Crippen LogP contribution in [-0.4, -0.2) is 34.1 Å². The van der Waals surface area contributed by atoms with Gasteiger partial charge in [0, 0.05) is 13.1 Å². The van der Waals surface area contributed by atoms with E-state index >= 15 is 0 Å². The zero-order chi connectivity index (χ0) is 14.5. The molecule has 20 heavy (non-hydrogen) atoms. The van der Waals surface area contributed by atoms with E-state index in [1.807, 2.05) is 6.92 Å². The molecule has 2 rings (SSSR count). The van der Waals surface area contributed by atoms with Gasteiger partial charge in [-0.3, -0.25) is 14.3 Å². The molecule has 0 radical (unpaired) electrons. The van der Waals surface area contributed by atoms with Gasteiger partial charge in [0.25, 0.3) is 5.56 Å². The maximum absolute atomic E-state index is 12.3. The molecule has 1 aliphatic rings. The van der Waals surface area contributed by atoms with Crippen molar-refractivity contribution >= 4 is 11.6 Å². The second kappa shape index (κ2) is 7.09. The van der Waals surface area contributed by atoms with Crippen LogP contribution in [-0.2, 0) is 13.0 Å². The molecule has 0 aliphatic carbocycles. The van der Waals surface area contributed by atoms with Gasteiger partial charge in [-0.15, -0.1) is 0 Å². The van der Waals surface area contributed by atoms with Crippen LogP contribution in [0.4, 0.5) is 0 Å². The Morgan fingerprint density at radius 2 is 1.85 bits per heavy atom. The largest absolute Gasteiger partial charge is 0.329 e. The van der Waals surface area contributed by atoms with Crippen molar-refractivity contribution in [3.8, 4) is 0 Å². The predicted octanol–water partition coefficient (Wildman–Crippen LogP) is 1.63. The molecule has 5 nitrogen and oxygen atoms in total. The number of hydrogen-bond donors (Lipinski definition) is 1. The summed E-state index contributed by atoms with van der Waals surface area (Å²) in [4.78, 5) is 29.1. The Hall–Kier alpha value is -1.07. The first-order valence-electron chi connectivity index (χ1n) is 7.37. The van der Waals surface area contributed by atoms with E-state index in [0.29, 0.717) is 18.5 Å². The topological polar surface area (TPSA) is 58.1 Å². The fraction of sp³-hybridized carbons (Fsp3) is 0.714. The SMILES string of the molecule is CCCc1c(Cl)[nH]c(=O)n(CCN2CCCCC2)c1=O. The number of aromatic nitrogens is 2. The van der Waals surface area contributed by atoms with Crippen molar-refractivity contribution in [2.24, 2.45) is 0 Å². The van der Waals surface area contributed by atoms with E-state index in [9.17, 15) is 9.59 Å². The molecular weight excluding hydrogens is 278 g/mol. The van der Waals surface area contributed by atoms with E-state index in [0.717, 1.165) is 26.1 Å². The average Bonchev–Trinajstić information content (AvgIpc) is 2.44. The van der Waals surface area contributed by atoms with Crippen molar-refractivity contribution in [1.82, 2.24) is 14.5 Å². The van der Waals surface area contributed by atoms with Crippen LogP contribution in [0.3, 0.4) is 0 Å². The molecule has 0 bridgehead atoms. The third-order valence-corrected chi connectivity index (χ3v) is 4.14. The first kappa shape index (κ1) is 15.3. The van der Waals surface area contributed by atoms with Crippen molar-refractivity contribution in [3.05, 3.63) is 31.6 Å².